The van der Waals surface area contributed by atoms with E-state index in [1.807, 2.05) is 6.92 Å². The first-order valence-corrected chi connectivity index (χ1v) is 6.22. The van der Waals surface area contributed by atoms with E-state index >= 15 is 0 Å². The first-order chi connectivity index (χ1) is 8.47. The van der Waals surface area contributed by atoms with Crippen molar-refractivity contribution >= 4 is 21.9 Å². The van der Waals surface area contributed by atoms with Gasteiger partial charge in [-0.1, -0.05) is 0 Å². The fourth-order valence-electron chi connectivity index (χ4n) is 1.32. The summed E-state index contributed by atoms with van der Waals surface area (Å²) >= 11 is 2.91. The van der Waals surface area contributed by atoms with E-state index in [1.165, 1.54) is 12.1 Å². The average Bonchev–Trinajstić information content (AvgIpc) is 2.32. The summed E-state index contributed by atoms with van der Waals surface area (Å²) in [6.07, 6.45) is -0.318. The van der Waals surface area contributed by atoms with Crippen LogP contribution in [-0.2, 0) is 4.74 Å². The summed E-state index contributed by atoms with van der Waals surface area (Å²) in [6.45, 7) is 4.49. The Kier molecular flexibility index (Phi) is 5.55. The number of benzene rings is 1. The van der Waals surface area contributed by atoms with Crippen LogP contribution in [0.15, 0.2) is 16.6 Å². The number of carboxylic acid groups (broad SMARTS) is 1. The van der Waals surface area contributed by atoms with Gasteiger partial charge in [0.25, 0.3) is 0 Å². The van der Waals surface area contributed by atoms with Crippen molar-refractivity contribution in [3.63, 3.8) is 0 Å². The number of carbonyl (C=O) groups is 1. The van der Waals surface area contributed by atoms with Gasteiger partial charge in [0.1, 0.15) is 6.10 Å². The van der Waals surface area contributed by atoms with Crippen molar-refractivity contribution in [3.05, 3.63) is 28.0 Å². The molecule has 1 aromatic carbocycles. The quantitative estimate of drug-likeness (QED) is 0.875. The molecular formula is C12H14BrFO4. The molecule has 1 N–H and O–H groups in total. The Bertz CT molecular complexity index is 436. The van der Waals surface area contributed by atoms with Crippen LogP contribution in [0.25, 0.3) is 0 Å². The van der Waals surface area contributed by atoms with E-state index in [1.54, 1.807) is 6.92 Å². The largest absolute Gasteiger partial charge is 0.485 e. The van der Waals surface area contributed by atoms with Gasteiger partial charge < -0.3 is 14.6 Å². The van der Waals surface area contributed by atoms with E-state index in [0.29, 0.717) is 13.2 Å². The van der Waals surface area contributed by atoms with E-state index < -0.39 is 11.8 Å². The molecule has 0 heterocycles. The Morgan fingerprint density at radius 3 is 2.78 bits per heavy atom. The van der Waals surface area contributed by atoms with Crippen LogP contribution in [0.1, 0.15) is 24.2 Å². The Hall–Kier alpha value is -1.14. The van der Waals surface area contributed by atoms with Crippen molar-refractivity contribution in [2.24, 2.45) is 0 Å². The first kappa shape index (κ1) is 14.9. The third-order valence-electron chi connectivity index (χ3n) is 2.16. The zero-order valence-electron chi connectivity index (χ0n) is 10.1. The summed E-state index contributed by atoms with van der Waals surface area (Å²) in [4.78, 5) is 10.8. The lowest BCUT2D eigenvalue weighted by Gasteiger charge is -2.15. The lowest BCUT2D eigenvalue weighted by molar-refractivity contribution is 0.0633. The smallest absolute Gasteiger partial charge is 0.336 e. The molecule has 0 aliphatic carbocycles. The Morgan fingerprint density at radius 1 is 1.56 bits per heavy atom. The van der Waals surface area contributed by atoms with Crippen LogP contribution in [0.2, 0.25) is 0 Å². The van der Waals surface area contributed by atoms with Crippen LogP contribution in [0.5, 0.6) is 5.75 Å². The fourth-order valence-corrected chi connectivity index (χ4v) is 1.82. The number of rotatable bonds is 6. The molecule has 0 spiro atoms. The summed E-state index contributed by atoms with van der Waals surface area (Å²) in [5.41, 5.74) is -0.141. The first-order valence-electron chi connectivity index (χ1n) is 5.43. The van der Waals surface area contributed by atoms with Crippen molar-refractivity contribution in [3.8, 4) is 5.75 Å². The predicted molar refractivity (Wildman–Crippen MR) is 67.6 cm³/mol. The maximum atomic E-state index is 13.8. The molecule has 0 radical (unpaired) electrons. The maximum absolute atomic E-state index is 13.8. The van der Waals surface area contributed by atoms with Crippen molar-refractivity contribution in [2.45, 2.75) is 20.0 Å². The summed E-state index contributed by atoms with van der Waals surface area (Å²) in [5, 5.41) is 8.82. The molecule has 6 heteroatoms. The van der Waals surface area contributed by atoms with Gasteiger partial charge in [-0.3, -0.25) is 0 Å². The molecule has 1 atom stereocenters. The van der Waals surface area contributed by atoms with Gasteiger partial charge in [-0.25, -0.2) is 9.18 Å². The highest BCUT2D eigenvalue weighted by molar-refractivity contribution is 9.10. The lowest BCUT2D eigenvalue weighted by atomic mass is 10.2. The highest BCUT2D eigenvalue weighted by Gasteiger charge is 2.18. The topological polar surface area (TPSA) is 55.8 Å². The van der Waals surface area contributed by atoms with Gasteiger partial charge in [-0.2, -0.15) is 0 Å². The number of hydrogen-bond donors (Lipinski definition) is 1. The van der Waals surface area contributed by atoms with Gasteiger partial charge in [0.2, 0.25) is 0 Å². The molecule has 18 heavy (non-hydrogen) atoms. The third-order valence-corrected chi connectivity index (χ3v) is 2.94. The number of carboxylic acids is 1. The monoisotopic (exact) mass is 320 g/mol. The van der Waals surface area contributed by atoms with Gasteiger partial charge in [0.05, 0.1) is 16.6 Å². The molecular weight excluding hydrogens is 307 g/mol. The van der Waals surface area contributed by atoms with Crippen LogP contribution in [0.4, 0.5) is 4.39 Å². The highest BCUT2D eigenvalue weighted by Crippen LogP contribution is 2.29. The van der Waals surface area contributed by atoms with Gasteiger partial charge >= 0.3 is 5.97 Å². The van der Waals surface area contributed by atoms with E-state index in [2.05, 4.69) is 15.9 Å². The molecule has 1 unspecified atom stereocenters. The van der Waals surface area contributed by atoms with Crippen LogP contribution < -0.4 is 4.74 Å². The van der Waals surface area contributed by atoms with Crippen molar-refractivity contribution in [2.75, 3.05) is 13.2 Å². The molecule has 1 rings (SSSR count). The molecule has 0 aliphatic rings. The minimum Gasteiger partial charge on any atom is -0.485 e. The third kappa shape index (κ3) is 3.68. The van der Waals surface area contributed by atoms with Crippen molar-refractivity contribution in [1.29, 1.82) is 0 Å². The molecule has 0 aromatic heterocycles. The second-order valence-electron chi connectivity index (χ2n) is 3.63. The highest BCUT2D eigenvalue weighted by atomic mass is 79.9. The standard InChI is InChI=1S/C12H14BrFO4/c1-3-17-6-7(2)18-9-5-4-8(12(15)16)10(13)11(9)14/h4-5,7H,3,6H2,1-2H3,(H,15,16). The van der Waals surface area contributed by atoms with Crippen LogP contribution >= 0.6 is 15.9 Å². The lowest BCUT2D eigenvalue weighted by Crippen LogP contribution is -2.19. The SMILES string of the molecule is CCOCC(C)Oc1ccc(C(=O)O)c(Br)c1F. The van der Waals surface area contributed by atoms with E-state index in [0.717, 1.165) is 0 Å². The number of hydrogen-bond acceptors (Lipinski definition) is 3. The van der Waals surface area contributed by atoms with Gasteiger partial charge in [-0.15, -0.1) is 0 Å². The molecule has 0 aliphatic heterocycles. The number of halogens is 2. The minimum absolute atomic E-state index is 0.000854. The Labute approximate surface area is 113 Å². The summed E-state index contributed by atoms with van der Waals surface area (Å²) < 4.78 is 24.2. The summed E-state index contributed by atoms with van der Waals surface area (Å²) in [7, 11) is 0. The second-order valence-corrected chi connectivity index (χ2v) is 4.43. The average molecular weight is 321 g/mol. The Balaban J connectivity index is 2.85. The predicted octanol–water partition coefficient (Wildman–Crippen LogP) is 3.09. The molecule has 0 saturated heterocycles. The number of ether oxygens (including phenoxy) is 2. The molecule has 0 saturated carbocycles. The van der Waals surface area contributed by atoms with Gasteiger partial charge in [-0.05, 0) is 41.9 Å². The summed E-state index contributed by atoms with van der Waals surface area (Å²) in [5.74, 6) is -1.92. The van der Waals surface area contributed by atoms with E-state index in [-0.39, 0.29) is 21.9 Å². The molecule has 4 nitrogen and oxygen atoms in total. The van der Waals surface area contributed by atoms with Gasteiger partial charge in [0, 0.05) is 6.61 Å². The van der Waals surface area contributed by atoms with Crippen molar-refractivity contribution in [1.82, 2.24) is 0 Å². The Morgan fingerprint density at radius 2 is 2.22 bits per heavy atom. The van der Waals surface area contributed by atoms with Crippen LogP contribution in [0.3, 0.4) is 0 Å². The molecule has 0 amide bonds. The van der Waals surface area contributed by atoms with Crippen LogP contribution in [0, 0.1) is 5.82 Å². The zero-order chi connectivity index (χ0) is 13.7. The van der Waals surface area contributed by atoms with Crippen molar-refractivity contribution < 1.29 is 23.8 Å². The van der Waals surface area contributed by atoms with Crippen LogP contribution in [-0.4, -0.2) is 30.4 Å². The fraction of sp³-hybridized carbons (Fsp3) is 0.417. The maximum Gasteiger partial charge on any atom is 0.336 e. The minimum atomic E-state index is -1.20. The zero-order valence-corrected chi connectivity index (χ0v) is 11.7. The van der Waals surface area contributed by atoms with Gasteiger partial charge in [0.15, 0.2) is 11.6 Å². The number of aromatic carboxylic acids is 1. The van der Waals surface area contributed by atoms with E-state index in [9.17, 15) is 9.18 Å². The molecule has 0 bridgehead atoms. The molecule has 100 valence electrons. The molecule has 1 aromatic rings. The van der Waals surface area contributed by atoms with E-state index in [4.69, 9.17) is 14.6 Å². The second kappa shape index (κ2) is 6.70. The summed E-state index contributed by atoms with van der Waals surface area (Å²) in [6, 6.07) is 2.59. The molecule has 0 fully saturated rings. The normalized spacial score (nSPS) is 12.2.